The first-order valence-corrected chi connectivity index (χ1v) is 7.24. The van der Waals surface area contributed by atoms with Crippen LogP contribution in [0.15, 0.2) is 30.3 Å². The molecule has 0 saturated heterocycles. The number of alkyl halides is 3. The molecule has 0 fully saturated rings. The van der Waals surface area contributed by atoms with Gasteiger partial charge in [-0.25, -0.2) is 0 Å². The average molecular weight is 329 g/mol. The lowest BCUT2D eigenvalue weighted by Crippen LogP contribution is -2.22. The summed E-state index contributed by atoms with van der Waals surface area (Å²) in [6.45, 7) is 3.71. The van der Waals surface area contributed by atoms with E-state index in [-0.39, 0.29) is 11.3 Å². The summed E-state index contributed by atoms with van der Waals surface area (Å²) in [5.74, 6) is -0.497. The van der Waals surface area contributed by atoms with Crippen LogP contribution in [0.2, 0.25) is 0 Å². The lowest BCUT2D eigenvalue weighted by atomic mass is 10.1. The van der Waals surface area contributed by atoms with Gasteiger partial charge in [0, 0.05) is 16.1 Å². The van der Waals surface area contributed by atoms with E-state index in [1.807, 2.05) is 13.8 Å². The highest BCUT2D eigenvalue weighted by Crippen LogP contribution is 2.36. The Balaban J connectivity index is 2.28. The minimum Gasteiger partial charge on any atom is -0.379 e. The number of aliphatic hydroxyl groups is 1. The summed E-state index contributed by atoms with van der Waals surface area (Å²) < 4.78 is 38.0. The SMILES string of the molecule is Cc1cc(C(=O)Nc2ccccc2C(O)C(F)(F)F)sc1C. The number of carbonyl (C=O) groups excluding carboxylic acids is 1. The number of amides is 1. The van der Waals surface area contributed by atoms with E-state index in [4.69, 9.17) is 0 Å². The van der Waals surface area contributed by atoms with Crippen molar-refractivity contribution in [2.75, 3.05) is 5.32 Å². The normalized spacial score (nSPS) is 13.0. The van der Waals surface area contributed by atoms with Crippen LogP contribution < -0.4 is 5.32 Å². The number of hydrogen-bond donors (Lipinski definition) is 2. The third-order valence-electron chi connectivity index (χ3n) is 3.20. The molecule has 1 unspecified atom stereocenters. The summed E-state index contributed by atoms with van der Waals surface area (Å²) in [5.41, 5.74) is 0.508. The third kappa shape index (κ3) is 3.48. The van der Waals surface area contributed by atoms with E-state index < -0.39 is 18.2 Å². The zero-order valence-corrected chi connectivity index (χ0v) is 12.7. The maximum absolute atomic E-state index is 12.7. The van der Waals surface area contributed by atoms with Crippen LogP contribution in [0.5, 0.6) is 0 Å². The Morgan fingerprint density at radius 1 is 1.27 bits per heavy atom. The van der Waals surface area contributed by atoms with Crippen molar-refractivity contribution in [3.63, 3.8) is 0 Å². The summed E-state index contributed by atoms with van der Waals surface area (Å²) in [4.78, 5) is 13.5. The van der Waals surface area contributed by atoms with E-state index in [2.05, 4.69) is 5.32 Å². The fourth-order valence-corrected chi connectivity index (χ4v) is 2.82. The van der Waals surface area contributed by atoms with Gasteiger partial charge in [0.25, 0.3) is 5.91 Å². The molecule has 118 valence electrons. The smallest absolute Gasteiger partial charge is 0.379 e. The predicted molar refractivity (Wildman–Crippen MR) is 79.2 cm³/mol. The van der Waals surface area contributed by atoms with Gasteiger partial charge in [-0.05, 0) is 31.5 Å². The molecule has 2 rings (SSSR count). The van der Waals surface area contributed by atoms with Crippen LogP contribution in [0, 0.1) is 13.8 Å². The standard InChI is InChI=1S/C15H14F3NO2S/c1-8-7-12(22-9(8)2)14(21)19-11-6-4-3-5-10(11)13(20)15(16,17)18/h3-7,13,20H,1-2H3,(H,19,21). The Hall–Kier alpha value is -1.86. The minimum atomic E-state index is -4.79. The van der Waals surface area contributed by atoms with Crippen molar-refractivity contribution in [1.82, 2.24) is 0 Å². The molecule has 0 aliphatic heterocycles. The summed E-state index contributed by atoms with van der Waals surface area (Å²) in [7, 11) is 0. The van der Waals surface area contributed by atoms with E-state index >= 15 is 0 Å². The lowest BCUT2D eigenvalue weighted by molar-refractivity contribution is -0.206. The van der Waals surface area contributed by atoms with Crippen LogP contribution in [0.1, 0.15) is 31.8 Å². The Bertz CT molecular complexity index is 675. The number of hydrogen-bond acceptors (Lipinski definition) is 3. The highest BCUT2D eigenvalue weighted by atomic mass is 32.1. The summed E-state index contributed by atoms with van der Waals surface area (Å²) in [5, 5.41) is 11.8. The molecule has 2 aromatic rings. The van der Waals surface area contributed by atoms with Crippen LogP contribution in [0.25, 0.3) is 0 Å². The number of halogens is 3. The first-order valence-electron chi connectivity index (χ1n) is 6.42. The van der Waals surface area contributed by atoms with Crippen LogP contribution in [0.3, 0.4) is 0 Å². The van der Waals surface area contributed by atoms with Crippen molar-refractivity contribution in [2.45, 2.75) is 26.1 Å². The van der Waals surface area contributed by atoms with Gasteiger partial charge in [-0.15, -0.1) is 11.3 Å². The molecule has 0 aliphatic carbocycles. The van der Waals surface area contributed by atoms with Crippen LogP contribution >= 0.6 is 11.3 Å². The van der Waals surface area contributed by atoms with Crippen molar-refractivity contribution in [2.24, 2.45) is 0 Å². The number of aliphatic hydroxyl groups excluding tert-OH is 1. The summed E-state index contributed by atoms with van der Waals surface area (Å²) in [6, 6.07) is 7.01. The number of nitrogens with one attached hydrogen (secondary N) is 1. The topological polar surface area (TPSA) is 49.3 Å². The number of aryl methyl sites for hydroxylation is 2. The molecule has 3 nitrogen and oxygen atoms in total. The molecule has 22 heavy (non-hydrogen) atoms. The number of thiophene rings is 1. The molecule has 1 heterocycles. The van der Waals surface area contributed by atoms with Crippen LogP contribution in [-0.4, -0.2) is 17.2 Å². The molecule has 0 radical (unpaired) electrons. The highest BCUT2D eigenvalue weighted by molar-refractivity contribution is 7.14. The second kappa shape index (κ2) is 6.10. The number of carbonyl (C=O) groups is 1. The Labute approximate surface area is 129 Å². The molecule has 7 heteroatoms. The van der Waals surface area contributed by atoms with Gasteiger partial charge in [-0.1, -0.05) is 18.2 Å². The van der Waals surface area contributed by atoms with E-state index in [0.29, 0.717) is 4.88 Å². The minimum absolute atomic E-state index is 0.0546. The Morgan fingerprint density at radius 3 is 2.45 bits per heavy atom. The highest BCUT2D eigenvalue weighted by Gasteiger charge is 2.40. The average Bonchev–Trinajstić information content (AvgIpc) is 2.78. The maximum Gasteiger partial charge on any atom is 0.418 e. The zero-order chi connectivity index (χ0) is 16.5. The van der Waals surface area contributed by atoms with Crippen LogP contribution in [-0.2, 0) is 0 Å². The van der Waals surface area contributed by atoms with Crippen molar-refractivity contribution >= 4 is 22.9 Å². The predicted octanol–water partition coefficient (Wildman–Crippen LogP) is 4.21. The van der Waals surface area contributed by atoms with Gasteiger partial charge in [0.1, 0.15) is 0 Å². The van der Waals surface area contributed by atoms with Gasteiger partial charge < -0.3 is 10.4 Å². The molecule has 1 atom stereocenters. The first-order chi connectivity index (χ1) is 10.2. The van der Waals surface area contributed by atoms with Crippen molar-refractivity contribution in [3.8, 4) is 0 Å². The molecule has 0 aliphatic rings. The summed E-state index contributed by atoms with van der Waals surface area (Å²) in [6.07, 6.45) is -7.44. The summed E-state index contributed by atoms with van der Waals surface area (Å²) >= 11 is 1.26. The van der Waals surface area contributed by atoms with Crippen molar-refractivity contribution in [1.29, 1.82) is 0 Å². The van der Waals surface area contributed by atoms with E-state index in [0.717, 1.165) is 16.5 Å². The van der Waals surface area contributed by atoms with Gasteiger partial charge in [0.15, 0.2) is 6.10 Å². The fourth-order valence-electron chi connectivity index (χ4n) is 1.89. The zero-order valence-electron chi connectivity index (χ0n) is 11.9. The molecule has 1 aromatic carbocycles. The molecular weight excluding hydrogens is 315 g/mol. The monoisotopic (exact) mass is 329 g/mol. The van der Waals surface area contributed by atoms with Crippen molar-refractivity contribution < 1.29 is 23.1 Å². The second-order valence-corrected chi connectivity index (χ2v) is 6.09. The van der Waals surface area contributed by atoms with Gasteiger partial charge in [0.2, 0.25) is 0 Å². The van der Waals surface area contributed by atoms with E-state index in [9.17, 15) is 23.1 Å². The first kappa shape index (κ1) is 16.5. The number of anilines is 1. The fraction of sp³-hybridized carbons (Fsp3) is 0.267. The van der Waals surface area contributed by atoms with Gasteiger partial charge in [-0.3, -0.25) is 4.79 Å². The lowest BCUT2D eigenvalue weighted by Gasteiger charge is -2.18. The van der Waals surface area contributed by atoms with Crippen molar-refractivity contribution in [3.05, 3.63) is 51.2 Å². The largest absolute Gasteiger partial charge is 0.418 e. The van der Waals surface area contributed by atoms with Gasteiger partial charge in [-0.2, -0.15) is 13.2 Å². The molecule has 0 saturated carbocycles. The third-order valence-corrected chi connectivity index (χ3v) is 4.35. The molecule has 1 amide bonds. The second-order valence-electron chi connectivity index (χ2n) is 4.84. The molecule has 0 spiro atoms. The maximum atomic E-state index is 12.7. The van der Waals surface area contributed by atoms with Gasteiger partial charge in [0.05, 0.1) is 4.88 Å². The van der Waals surface area contributed by atoms with E-state index in [1.54, 1.807) is 6.07 Å². The molecule has 2 N–H and O–H groups in total. The Kier molecular flexibility index (Phi) is 4.58. The van der Waals surface area contributed by atoms with Gasteiger partial charge >= 0.3 is 6.18 Å². The number of para-hydroxylation sites is 1. The van der Waals surface area contributed by atoms with E-state index in [1.165, 1.54) is 29.5 Å². The quantitative estimate of drug-likeness (QED) is 0.886. The number of rotatable bonds is 3. The molecule has 0 bridgehead atoms. The molecule has 1 aromatic heterocycles. The number of benzene rings is 1. The van der Waals surface area contributed by atoms with Crippen LogP contribution in [0.4, 0.5) is 18.9 Å². The Morgan fingerprint density at radius 2 is 1.91 bits per heavy atom. The molecular formula is C15H14F3NO2S.